The van der Waals surface area contributed by atoms with Gasteiger partial charge in [0.2, 0.25) is 5.91 Å². The number of amides is 1. The van der Waals surface area contributed by atoms with E-state index in [1.54, 1.807) is 17.8 Å². The van der Waals surface area contributed by atoms with Crippen molar-refractivity contribution in [1.29, 1.82) is 0 Å². The molecule has 1 heterocycles. The zero-order valence-corrected chi connectivity index (χ0v) is 15.9. The van der Waals surface area contributed by atoms with Gasteiger partial charge >= 0.3 is 0 Å². The van der Waals surface area contributed by atoms with Crippen LogP contribution in [-0.2, 0) is 14.9 Å². The molecule has 0 radical (unpaired) electrons. The molecule has 3 rings (SSSR count). The minimum atomic E-state index is -0.0549. The lowest BCUT2D eigenvalue weighted by atomic mass is 9.74. The fourth-order valence-corrected chi connectivity index (χ4v) is 3.73. The fourth-order valence-electron chi connectivity index (χ4n) is 3.32. The third-order valence-electron chi connectivity index (χ3n) is 4.98. The van der Waals surface area contributed by atoms with Gasteiger partial charge in [-0.25, -0.2) is 0 Å². The SMILES string of the molecule is CSc1ccc(/C=C/C(=O)NCC2(c3ccccc3)CCOCC2)cc1. The minimum absolute atomic E-state index is 0.0387. The number of nitrogens with one attached hydrogen (secondary N) is 1. The molecule has 3 nitrogen and oxygen atoms in total. The van der Waals surface area contributed by atoms with E-state index in [1.807, 2.05) is 24.3 Å². The first-order valence-corrected chi connectivity index (χ1v) is 10.2. The molecular formula is C22H25NO2S. The van der Waals surface area contributed by atoms with Crippen molar-refractivity contribution in [2.45, 2.75) is 23.2 Å². The van der Waals surface area contributed by atoms with Crippen LogP contribution >= 0.6 is 11.8 Å². The molecule has 2 aromatic carbocycles. The lowest BCUT2D eigenvalue weighted by molar-refractivity contribution is -0.116. The first kappa shape index (κ1) is 18.7. The van der Waals surface area contributed by atoms with Gasteiger partial charge in [0.25, 0.3) is 0 Å². The summed E-state index contributed by atoms with van der Waals surface area (Å²) in [6.07, 6.45) is 7.39. The highest BCUT2D eigenvalue weighted by Crippen LogP contribution is 2.34. The molecule has 0 aliphatic carbocycles. The van der Waals surface area contributed by atoms with Gasteiger partial charge < -0.3 is 10.1 Å². The van der Waals surface area contributed by atoms with E-state index in [1.165, 1.54) is 10.5 Å². The smallest absolute Gasteiger partial charge is 0.244 e. The molecular weight excluding hydrogens is 342 g/mol. The predicted octanol–water partition coefficient (Wildman–Crippen LogP) is 4.29. The van der Waals surface area contributed by atoms with Crippen molar-refractivity contribution in [3.63, 3.8) is 0 Å². The number of hydrogen-bond donors (Lipinski definition) is 1. The predicted molar refractivity (Wildman–Crippen MR) is 108 cm³/mol. The molecule has 0 aromatic heterocycles. The molecule has 26 heavy (non-hydrogen) atoms. The van der Waals surface area contributed by atoms with Crippen LogP contribution in [0.25, 0.3) is 6.08 Å². The monoisotopic (exact) mass is 367 g/mol. The number of ether oxygens (including phenoxy) is 1. The highest BCUT2D eigenvalue weighted by atomic mass is 32.2. The molecule has 0 saturated carbocycles. The Balaban J connectivity index is 1.63. The summed E-state index contributed by atoms with van der Waals surface area (Å²) in [6.45, 7) is 2.11. The number of benzene rings is 2. The first-order valence-electron chi connectivity index (χ1n) is 8.95. The Labute approximate surface area is 159 Å². The van der Waals surface area contributed by atoms with Crippen LogP contribution in [0.15, 0.2) is 65.6 Å². The Hall–Kier alpha value is -2.04. The molecule has 0 bridgehead atoms. The highest BCUT2D eigenvalue weighted by Gasteiger charge is 2.34. The largest absolute Gasteiger partial charge is 0.381 e. The minimum Gasteiger partial charge on any atom is -0.381 e. The number of carbonyl (C=O) groups excluding carboxylic acids is 1. The molecule has 1 saturated heterocycles. The van der Waals surface area contributed by atoms with Gasteiger partial charge in [-0.05, 0) is 48.4 Å². The third kappa shape index (κ3) is 4.77. The van der Waals surface area contributed by atoms with Crippen molar-refractivity contribution >= 4 is 23.7 Å². The lowest BCUT2D eigenvalue weighted by Gasteiger charge is -2.37. The van der Waals surface area contributed by atoms with Crippen molar-refractivity contribution in [3.8, 4) is 0 Å². The summed E-state index contributed by atoms with van der Waals surface area (Å²) < 4.78 is 5.55. The fraction of sp³-hybridized carbons (Fsp3) is 0.318. The zero-order chi connectivity index (χ0) is 18.2. The van der Waals surface area contributed by atoms with Gasteiger partial charge in [0.15, 0.2) is 0 Å². The van der Waals surface area contributed by atoms with Crippen molar-refractivity contribution in [2.24, 2.45) is 0 Å². The van der Waals surface area contributed by atoms with Crippen LogP contribution < -0.4 is 5.32 Å². The molecule has 136 valence electrons. The Morgan fingerprint density at radius 1 is 1.12 bits per heavy atom. The van der Waals surface area contributed by atoms with Crippen molar-refractivity contribution in [2.75, 3.05) is 26.0 Å². The van der Waals surface area contributed by atoms with Crippen LogP contribution in [0.1, 0.15) is 24.0 Å². The molecule has 1 amide bonds. The second kappa shape index (κ2) is 9.06. The van der Waals surface area contributed by atoms with Gasteiger partial charge in [0.05, 0.1) is 0 Å². The summed E-state index contributed by atoms with van der Waals surface area (Å²) in [4.78, 5) is 13.5. The molecule has 2 aromatic rings. The molecule has 0 unspecified atom stereocenters. The summed E-state index contributed by atoms with van der Waals surface area (Å²) in [6, 6.07) is 18.6. The van der Waals surface area contributed by atoms with Crippen molar-refractivity contribution in [1.82, 2.24) is 5.32 Å². The summed E-state index contributed by atoms with van der Waals surface area (Å²) in [7, 11) is 0. The molecule has 1 fully saturated rings. The Morgan fingerprint density at radius 3 is 2.46 bits per heavy atom. The van der Waals surface area contributed by atoms with Gasteiger partial charge in [0, 0.05) is 36.1 Å². The average molecular weight is 368 g/mol. The highest BCUT2D eigenvalue weighted by molar-refractivity contribution is 7.98. The van der Waals surface area contributed by atoms with E-state index in [4.69, 9.17) is 4.74 Å². The quantitative estimate of drug-likeness (QED) is 0.611. The van der Waals surface area contributed by atoms with Gasteiger partial charge in [0.1, 0.15) is 0 Å². The molecule has 1 aliphatic rings. The van der Waals surface area contributed by atoms with Crippen LogP contribution in [0.5, 0.6) is 0 Å². The van der Waals surface area contributed by atoms with Crippen LogP contribution in [0, 0.1) is 0 Å². The second-order valence-corrected chi connectivity index (χ2v) is 7.46. The van der Waals surface area contributed by atoms with Crippen LogP contribution in [-0.4, -0.2) is 31.9 Å². The average Bonchev–Trinajstić information content (AvgIpc) is 2.72. The second-order valence-electron chi connectivity index (χ2n) is 6.58. The van der Waals surface area contributed by atoms with Crippen LogP contribution in [0.4, 0.5) is 0 Å². The Bertz CT molecular complexity index is 734. The van der Waals surface area contributed by atoms with E-state index < -0.39 is 0 Å². The molecule has 1 aliphatic heterocycles. The Morgan fingerprint density at radius 2 is 1.81 bits per heavy atom. The summed E-state index contributed by atoms with van der Waals surface area (Å²) in [5.74, 6) is -0.0549. The maximum atomic E-state index is 12.3. The maximum Gasteiger partial charge on any atom is 0.244 e. The van der Waals surface area contributed by atoms with Gasteiger partial charge in [-0.3, -0.25) is 4.79 Å². The van der Waals surface area contributed by atoms with Gasteiger partial charge in [-0.1, -0.05) is 42.5 Å². The van der Waals surface area contributed by atoms with Crippen LogP contribution in [0.3, 0.4) is 0 Å². The molecule has 1 N–H and O–H groups in total. The summed E-state index contributed by atoms with van der Waals surface area (Å²) >= 11 is 1.71. The molecule has 0 atom stereocenters. The van der Waals surface area contributed by atoms with Crippen LogP contribution in [0.2, 0.25) is 0 Å². The number of rotatable bonds is 6. The van der Waals surface area contributed by atoms with E-state index in [2.05, 4.69) is 48.0 Å². The van der Waals surface area contributed by atoms with Gasteiger partial charge in [-0.2, -0.15) is 0 Å². The van der Waals surface area contributed by atoms with E-state index >= 15 is 0 Å². The number of carbonyl (C=O) groups is 1. The van der Waals surface area contributed by atoms with Crippen molar-refractivity contribution in [3.05, 3.63) is 71.8 Å². The molecule has 4 heteroatoms. The summed E-state index contributed by atoms with van der Waals surface area (Å²) in [5.41, 5.74) is 2.27. The lowest BCUT2D eigenvalue weighted by Crippen LogP contribution is -2.44. The topological polar surface area (TPSA) is 38.3 Å². The van der Waals surface area contributed by atoms with Gasteiger partial charge in [-0.15, -0.1) is 11.8 Å². The van der Waals surface area contributed by atoms with Crippen molar-refractivity contribution < 1.29 is 9.53 Å². The third-order valence-corrected chi connectivity index (χ3v) is 5.72. The van der Waals surface area contributed by atoms with E-state index in [0.717, 1.165) is 31.6 Å². The Kier molecular flexibility index (Phi) is 6.53. The first-order chi connectivity index (χ1) is 12.7. The van der Waals surface area contributed by atoms with E-state index in [0.29, 0.717) is 6.54 Å². The number of thioether (sulfide) groups is 1. The number of hydrogen-bond acceptors (Lipinski definition) is 3. The standard InChI is InChI=1S/C22H25NO2S/c1-26-20-10-7-18(8-11-20)9-12-21(24)23-17-22(13-15-25-16-14-22)19-5-3-2-4-6-19/h2-12H,13-17H2,1H3,(H,23,24)/b12-9+. The maximum absolute atomic E-state index is 12.3. The zero-order valence-electron chi connectivity index (χ0n) is 15.1. The van der Waals surface area contributed by atoms with E-state index in [9.17, 15) is 4.79 Å². The molecule has 0 spiro atoms. The van der Waals surface area contributed by atoms with E-state index in [-0.39, 0.29) is 11.3 Å². The normalized spacial score (nSPS) is 16.5. The summed E-state index contributed by atoms with van der Waals surface area (Å²) in [5, 5.41) is 3.10.